The van der Waals surface area contributed by atoms with Crippen molar-refractivity contribution >= 4 is 27.5 Å². The van der Waals surface area contributed by atoms with Crippen molar-refractivity contribution in [2.75, 3.05) is 5.33 Å². The van der Waals surface area contributed by atoms with Gasteiger partial charge in [0.2, 0.25) is 0 Å². The number of alkyl halides is 1. The number of carbonyl (C=O) groups excluding carboxylic acids is 2. The Balaban J connectivity index is 1.66. The second kappa shape index (κ2) is 6.15. The normalized spacial score (nSPS) is 52.2. The van der Waals surface area contributed by atoms with E-state index in [1.165, 1.54) is 0 Å². The van der Waals surface area contributed by atoms with Crippen molar-refractivity contribution in [2.24, 2.45) is 40.4 Å². The second-order valence-corrected chi connectivity index (χ2v) is 10.4. The van der Waals surface area contributed by atoms with E-state index in [9.17, 15) is 14.7 Å². The molecule has 25 heavy (non-hydrogen) atoms. The largest absolute Gasteiger partial charge is 0.393 e. The van der Waals surface area contributed by atoms with E-state index >= 15 is 0 Å². The second-order valence-electron chi connectivity index (χ2n) is 9.84. The van der Waals surface area contributed by atoms with Crippen molar-refractivity contribution in [3.05, 3.63) is 0 Å². The number of hydrogen-bond donors (Lipinski definition) is 1. The summed E-state index contributed by atoms with van der Waals surface area (Å²) in [5.41, 5.74) is -0.0570. The third-order valence-corrected chi connectivity index (χ3v) is 9.39. The molecule has 0 bridgehead atoms. The smallest absolute Gasteiger partial charge is 0.147 e. The average Bonchev–Trinajstić information content (AvgIpc) is 2.91. The molecule has 4 fully saturated rings. The molecular formula is C21H31BrO3. The fourth-order valence-corrected chi connectivity index (χ4v) is 8.06. The third-order valence-electron chi connectivity index (χ3n) is 8.84. The minimum absolute atomic E-state index is 0.0560. The molecule has 0 radical (unpaired) electrons. The molecule has 0 spiro atoms. The summed E-state index contributed by atoms with van der Waals surface area (Å²) in [6.45, 7) is 4.56. The lowest BCUT2D eigenvalue weighted by molar-refractivity contribution is -0.162. The number of Topliss-reactive ketones (excluding diaryl/α,β-unsaturated/α-hetero) is 2. The molecule has 4 aliphatic rings. The van der Waals surface area contributed by atoms with Crippen LogP contribution in [0.15, 0.2) is 0 Å². The lowest BCUT2D eigenvalue weighted by Gasteiger charge is -2.59. The van der Waals surface area contributed by atoms with Gasteiger partial charge in [-0.3, -0.25) is 9.59 Å². The Kier molecular flexibility index (Phi) is 4.47. The fourth-order valence-electron chi connectivity index (χ4n) is 7.67. The van der Waals surface area contributed by atoms with Gasteiger partial charge in [0, 0.05) is 18.3 Å². The van der Waals surface area contributed by atoms with Crippen molar-refractivity contribution in [1.29, 1.82) is 0 Å². The molecular weight excluding hydrogens is 380 g/mol. The van der Waals surface area contributed by atoms with E-state index in [-0.39, 0.29) is 34.6 Å². The number of hydrogen-bond acceptors (Lipinski definition) is 3. The van der Waals surface area contributed by atoms with Crippen LogP contribution >= 0.6 is 15.9 Å². The highest BCUT2D eigenvalue weighted by Crippen LogP contribution is 2.66. The van der Waals surface area contributed by atoms with E-state index in [1.54, 1.807) is 0 Å². The molecule has 4 saturated carbocycles. The quantitative estimate of drug-likeness (QED) is 0.695. The first kappa shape index (κ1) is 18.2. The van der Waals surface area contributed by atoms with Crippen LogP contribution in [-0.4, -0.2) is 28.1 Å². The first-order valence-electron chi connectivity index (χ1n) is 10.1. The average molecular weight is 411 g/mol. The Morgan fingerprint density at radius 2 is 1.92 bits per heavy atom. The maximum absolute atomic E-state index is 13.4. The Morgan fingerprint density at radius 3 is 2.64 bits per heavy atom. The molecule has 4 aliphatic carbocycles. The summed E-state index contributed by atoms with van der Waals surface area (Å²) in [4.78, 5) is 25.9. The molecule has 140 valence electrons. The molecule has 4 heteroatoms. The Labute approximate surface area is 159 Å². The molecule has 0 amide bonds. The number of aliphatic hydroxyl groups is 1. The van der Waals surface area contributed by atoms with Crippen LogP contribution in [-0.2, 0) is 9.59 Å². The van der Waals surface area contributed by atoms with Crippen LogP contribution in [0.3, 0.4) is 0 Å². The Hall–Kier alpha value is -0.220. The van der Waals surface area contributed by atoms with Crippen LogP contribution in [0.25, 0.3) is 0 Å². The van der Waals surface area contributed by atoms with Gasteiger partial charge in [0.25, 0.3) is 0 Å². The predicted molar refractivity (Wildman–Crippen MR) is 100 cm³/mol. The minimum atomic E-state index is -0.175. The molecule has 0 aromatic heterocycles. The fraction of sp³-hybridized carbons (Fsp3) is 0.905. The summed E-state index contributed by atoms with van der Waals surface area (Å²) >= 11 is 3.35. The zero-order valence-corrected chi connectivity index (χ0v) is 17.1. The highest BCUT2D eigenvalue weighted by molar-refractivity contribution is 9.09. The van der Waals surface area contributed by atoms with E-state index in [4.69, 9.17) is 0 Å². The molecule has 4 rings (SSSR count). The summed E-state index contributed by atoms with van der Waals surface area (Å²) < 4.78 is 0. The summed E-state index contributed by atoms with van der Waals surface area (Å²) in [6, 6.07) is 0. The number of rotatable bonds is 2. The summed E-state index contributed by atoms with van der Waals surface area (Å²) in [5, 5.41) is 10.5. The first-order valence-corrected chi connectivity index (χ1v) is 11.2. The number of aliphatic hydroxyl groups excluding tert-OH is 1. The predicted octanol–water partition coefficient (Wildman–Crippen LogP) is 4.15. The van der Waals surface area contributed by atoms with Crippen molar-refractivity contribution in [3.63, 3.8) is 0 Å². The van der Waals surface area contributed by atoms with E-state index in [0.717, 1.165) is 44.9 Å². The van der Waals surface area contributed by atoms with Crippen LogP contribution in [0, 0.1) is 40.4 Å². The van der Waals surface area contributed by atoms with Crippen molar-refractivity contribution < 1.29 is 14.7 Å². The SMILES string of the molecule is C[C@]12CC(=O)[C@H]3[C@@H](CCC4CC(O)CC[C@@]43C)[C@@H]1CC[C@@H]2C(=O)CBr. The minimum Gasteiger partial charge on any atom is -0.393 e. The van der Waals surface area contributed by atoms with Crippen LogP contribution in [0.4, 0.5) is 0 Å². The van der Waals surface area contributed by atoms with Gasteiger partial charge in [-0.2, -0.15) is 0 Å². The van der Waals surface area contributed by atoms with Crippen molar-refractivity contribution in [1.82, 2.24) is 0 Å². The maximum atomic E-state index is 13.4. The zero-order valence-electron chi connectivity index (χ0n) is 15.5. The number of ketones is 2. The highest BCUT2D eigenvalue weighted by Gasteiger charge is 2.63. The van der Waals surface area contributed by atoms with Gasteiger partial charge in [-0.25, -0.2) is 0 Å². The van der Waals surface area contributed by atoms with Crippen molar-refractivity contribution in [3.8, 4) is 0 Å². The molecule has 0 heterocycles. The third kappa shape index (κ3) is 2.53. The standard InChI is InChI=1S/C21H31BrO3/c1-20-8-7-13(23)9-12(20)3-4-14-15-5-6-16(18(25)11-22)21(15,2)10-17(24)19(14)20/h12-16,19,23H,3-11H2,1-2H3/t12?,13?,14-,15-,16+,19+,20-,21-/m0/s1. The first-order chi connectivity index (χ1) is 11.8. The van der Waals surface area contributed by atoms with Crippen LogP contribution < -0.4 is 0 Å². The van der Waals surface area contributed by atoms with Gasteiger partial charge < -0.3 is 5.11 Å². The number of halogens is 1. The van der Waals surface area contributed by atoms with Gasteiger partial charge in [0.05, 0.1) is 11.4 Å². The molecule has 8 atom stereocenters. The lowest BCUT2D eigenvalue weighted by Crippen LogP contribution is -2.58. The van der Waals surface area contributed by atoms with Gasteiger partial charge in [-0.1, -0.05) is 29.8 Å². The Bertz CT molecular complexity index is 590. The van der Waals surface area contributed by atoms with Gasteiger partial charge >= 0.3 is 0 Å². The van der Waals surface area contributed by atoms with Gasteiger partial charge in [-0.05, 0) is 73.5 Å². The molecule has 0 saturated heterocycles. The Morgan fingerprint density at radius 1 is 1.16 bits per heavy atom. The highest BCUT2D eigenvalue weighted by atomic mass is 79.9. The topological polar surface area (TPSA) is 54.4 Å². The van der Waals surface area contributed by atoms with E-state index < -0.39 is 0 Å². The molecule has 1 N–H and O–H groups in total. The number of carbonyl (C=O) groups is 2. The van der Waals surface area contributed by atoms with Crippen LogP contribution in [0.1, 0.15) is 65.2 Å². The maximum Gasteiger partial charge on any atom is 0.147 e. The molecule has 2 unspecified atom stereocenters. The van der Waals surface area contributed by atoms with Gasteiger partial charge in [0.1, 0.15) is 11.6 Å². The van der Waals surface area contributed by atoms with Crippen LogP contribution in [0.2, 0.25) is 0 Å². The molecule has 0 aromatic carbocycles. The number of fused-ring (bicyclic) bond motifs is 5. The van der Waals surface area contributed by atoms with Crippen LogP contribution in [0.5, 0.6) is 0 Å². The summed E-state index contributed by atoms with van der Waals surface area (Å²) in [7, 11) is 0. The van der Waals surface area contributed by atoms with Crippen molar-refractivity contribution in [2.45, 2.75) is 71.3 Å². The van der Waals surface area contributed by atoms with Gasteiger partial charge in [-0.15, -0.1) is 0 Å². The van der Waals surface area contributed by atoms with Gasteiger partial charge in [0.15, 0.2) is 0 Å². The molecule has 0 aliphatic heterocycles. The zero-order chi connectivity index (χ0) is 18.0. The van der Waals surface area contributed by atoms with E-state index in [2.05, 4.69) is 29.8 Å². The lowest BCUT2D eigenvalue weighted by atomic mass is 9.44. The monoisotopic (exact) mass is 410 g/mol. The summed E-state index contributed by atoms with van der Waals surface area (Å²) in [5.74, 6) is 2.39. The molecule has 3 nitrogen and oxygen atoms in total. The van der Waals surface area contributed by atoms with E-state index in [0.29, 0.717) is 35.3 Å². The summed E-state index contributed by atoms with van der Waals surface area (Å²) in [6.07, 6.45) is 7.44. The van der Waals surface area contributed by atoms with E-state index in [1.807, 2.05) is 0 Å². The molecule has 0 aromatic rings.